The molecule has 0 spiro atoms. The molecule has 2 aromatic carbocycles. The average molecular weight is 543 g/mol. The highest BCUT2D eigenvalue weighted by Crippen LogP contribution is 2.30. The van der Waals surface area contributed by atoms with E-state index in [9.17, 15) is 12.8 Å². The molecule has 1 heterocycles. The van der Waals surface area contributed by atoms with Crippen LogP contribution in [0, 0.1) is 18.7 Å². The summed E-state index contributed by atoms with van der Waals surface area (Å²) in [5, 5.41) is 0. The van der Waals surface area contributed by atoms with Gasteiger partial charge in [-0.05, 0) is 78.6 Å². The third kappa shape index (κ3) is 8.77. The first-order chi connectivity index (χ1) is 18.3. The zero-order chi connectivity index (χ0) is 27.5. The van der Waals surface area contributed by atoms with Crippen molar-refractivity contribution >= 4 is 26.7 Å². The number of oxazole rings is 1. The molecule has 0 aliphatic carbocycles. The monoisotopic (exact) mass is 542 g/mol. The van der Waals surface area contributed by atoms with Crippen LogP contribution in [0.25, 0.3) is 16.7 Å². The minimum Gasteiger partial charge on any atom is -0.439 e. The fourth-order valence-electron chi connectivity index (χ4n) is 4.86. The van der Waals surface area contributed by atoms with Crippen LogP contribution >= 0.6 is 0 Å². The zero-order valence-electron chi connectivity index (χ0n) is 23.4. The number of allylic oxidation sites excluding steroid dienone is 1. The Labute approximate surface area is 228 Å². The highest BCUT2D eigenvalue weighted by atomic mass is 32.2. The standard InChI is InChI=1S/C31H43FN2O3S/c1-5-8-10-12-24(7-3)13-11-19-38(35,36)33-22-31-34-29-18-15-25(21-30(29)37-31)28(14-9-6-2)27-17-16-26(32)20-23(27)4/h14-18,20-21,24,33H,5-13,19,22H2,1-4H3. The van der Waals surface area contributed by atoms with Gasteiger partial charge in [-0.2, -0.15) is 0 Å². The Morgan fingerprint density at radius 2 is 1.84 bits per heavy atom. The molecule has 0 amide bonds. The minimum atomic E-state index is -3.41. The smallest absolute Gasteiger partial charge is 0.212 e. The van der Waals surface area contributed by atoms with Crippen LogP contribution < -0.4 is 4.72 Å². The maximum absolute atomic E-state index is 13.7. The number of aromatic nitrogens is 1. The number of nitrogens with one attached hydrogen (secondary N) is 1. The van der Waals surface area contributed by atoms with Gasteiger partial charge in [0.2, 0.25) is 15.9 Å². The molecular formula is C31H43FN2O3S. The van der Waals surface area contributed by atoms with Crippen molar-refractivity contribution in [2.24, 2.45) is 5.92 Å². The molecule has 1 aromatic heterocycles. The normalized spacial score (nSPS) is 13.3. The van der Waals surface area contributed by atoms with E-state index in [1.54, 1.807) is 6.07 Å². The van der Waals surface area contributed by atoms with E-state index in [2.05, 4.69) is 36.6 Å². The van der Waals surface area contributed by atoms with Crippen molar-refractivity contribution in [3.63, 3.8) is 0 Å². The predicted molar refractivity (Wildman–Crippen MR) is 155 cm³/mol. The molecule has 1 N–H and O–H groups in total. The summed E-state index contributed by atoms with van der Waals surface area (Å²) in [4.78, 5) is 4.48. The Hall–Kier alpha value is -2.51. The van der Waals surface area contributed by atoms with Gasteiger partial charge in [-0.15, -0.1) is 0 Å². The van der Waals surface area contributed by atoms with Crippen LogP contribution in [0.2, 0.25) is 0 Å². The van der Waals surface area contributed by atoms with Gasteiger partial charge in [-0.1, -0.05) is 77.5 Å². The molecule has 3 aromatic rings. The van der Waals surface area contributed by atoms with Crippen molar-refractivity contribution in [1.82, 2.24) is 9.71 Å². The van der Waals surface area contributed by atoms with Gasteiger partial charge >= 0.3 is 0 Å². The van der Waals surface area contributed by atoms with Gasteiger partial charge in [0.1, 0.15) is 11.3 Å². The molecule has 0 saturated heterocycles. The Morgan fingerprint density at radius 3 is 2.55 bits per heavy atom. The molecule has 3 rings (SSSR count). The van der Waals surface area contributed by atoms with Crippen molar-refractivity contribution in [2.45, 2.75) is 92.0 Å². The van der Waals surface area contributed by atoms with Gasteiger partial charge in [-0.3, -0.25) is 0 Å². The molecule has 38 heavy (non-hydrogen) atoms. The molecule has 0 fully saturated rings. The van der Waals surface area contributed by atoms with Crippen LogP contribution in [-0.4, -0.2) is 19.2 Å². The second-order valence-electron chi connectivity index (χ2n) is 10.2. The maximum Gasteiger partial charge on any atom is 0.212 e. The summed E-state index contributed by atoms with van der Waals surface area (Å²) in [6.45, 7) is 8.44. The number of unbranched alkanes of at least 4 members (excludes halogenated alkanes) is 3. The van der Waals surface area contributed by atoms with Crippen molar-refractivity contribution in [1.29, 1.82) is 0 Å². The first-order valence-electron chi connectivity index (χ1n) is 14.1. The summed E-state index contributed by atoms with van der Waals surface area (Å²) in [5.41, 5.74) is 5.08. The molecule has 208 valence electrons. The molecule has 0 aliphatic heterocycles. The third-order valence-electron chi connectivity index (χ3n) is 7.12. The predicted octanol–water partition coefficient (Wildman–Crippen LogP) is 8.31. The second kappa shape index (κ2) is 14.6. The third-order valence-corrected chi connectivity index (χ3v) is 8.53. The molecule has 1 atom stereocenters. The summed E-state index contributed by atoms with van der Waals surface area (Å²) in [6.07, 6.45) is 11.6. The van der Waals surface area contributed by atoms with Crippen molar-refractivity contribution < 1.29 is 17.2 Å². The number of halogens is 1. The molecule has 0 saturated carbocycles. The number of nitrogens with zero attached hydrogens (tertiary/aromatic N) is 1. The number of rotatable bonds is 16. The van der Waals surface area contributed by atoms with Gasteiger partial charge in [0.05, 0.1) is 12.3 Å². The summed E-state index contributed by atoms with van der Waals surface area (Å²) in [5.74, 6) is 0.794. The maximum atomic E-state index is 13.7. The van der Waals surface area contributed by atoms with Crippen LogP contribution in [-0.2, 0) is 16.6 Å². The minimum absolute atomic E-state index is 0.0235. The van der Waals surface area contributed by atoms with E-state index in [1.165, 1.54) is 31.7 Å². The van der Waals surface area contributed by atoms with E-state index in [-0.39, 0.29) is 18.1 Å². The van der Waals surface area contributed by atoms with Crippen molar-refractivity contribution in [3.05, 3.63) is 70.9 Å². The highest BCUT2D eigenvalue weighted by Gasteiger charge is 2.16. The van der Waals surface area contributed by atoms with Crippen LogP contribution in [0.3, 0.4) is 0 Å². The lowest BCUT2D eigenvalue weighted by molar-refractivity contribution is 0.412. The van der Waals surface area contributed by atoms with Crippen LogP contribution in [0.15, 0.2) is 46.9 Å². The topological polar surface area (TPSA) is 72.2 Å². The van der Waals surface area contributed by atoms with Crippen LogP contribution in [0.1, 0.15) is 101 Å². The van der Waals surface area contributed by atoms with E-state index in [4.69, 9.17) is 4.42 Å². The fraction of sp³-hybridized carbons (Fsp3) is 0.516. The van der Waals surface area contributed by atoms with Crippen molar-refractivity contribution in [2.75, 3.05) is 5.75 Å². The molecule has 0 bridgehead atoms. The number of hydrogen-bond donors (Lipinski definition) is 1. The first kappa shape index (κ1) is 30.0. The quantitative estimate of drug-likeness (QED) is 0.185. The molecule has 7 heteroatoms. The summed E-state index contributed by atoms with van der Waals surface area (Å²) >= 11 is 0. The SMILES string of the molecule is CCCC=C(c1ccc2nc(CNS(=O)(=O)CCCC(CC)CCCCC)oc2c1)c1ccc(F)cc1C. The largest absolute Gasteiger partial charge is 0.439 e. The number of sulfonamides is 1. The van der Waals surface area contributed by atoms with Gasteiger partial charge < -0.3 is 4.42 Å². The molecule has 0 radical (unpaired) electrons. The Kier molecular flexibility index (Phi) is 11.5. The Bertz CT molecular complexity index is 1310. The van der Waals surface area contributed by atoms with E-state index < -0.39 is 10.0 Å². The Morgan fingerprint density at radius 1 is 1.05 bits per heavy atom. The van der Waals surface area contributed by atoms with E-state index in [0.29, 0.717) is 29.3 Å². The lowest BCUT2D eigenvalue weighted by atomic mass is 9.93. The molecular weight excluding hydrogens is 499 g/mol. The van der Waals surface area contributed by atoms with Gasteiger partial charge in [0.25, 0.3) is 0 Å². The highest BCUT2D eigenvalue weighted by molar-refractivity contribution is 7.89. The zero-order valence-corrected chi connectivity index (χ0v) is 24.2. The summed E-state index contributed by atoms with van der Waals surface area (Å²) in [7, 11) is -3.41. The number of fused-ring (bicyclic) bond motifs is 1. The Balaban J connectivity index is 1.66. The van der Waals surface area contributed by atoms with Gasteiger partial charge in [-0.25, -0.2) is 22.5 Å². The van der Waals surface area contributed by atoms with Crippen LogP contribution in [0.5, 0.6) is 0 Å². The van der Waals surface area contributed by atoms with E-state index >= 15 is 0 Å². The summed E-state index contributed by atoms with van der Waals surface area (Å²) < 4.78 is 47.5. The number of aryl methyl sites for hydroxylation is 1. The number of benzene rings is 2. The average Bonchev–Trinajstić information content (AvgIpc) is 3.30. The second-order valence-corrected chi connectivity index (χ2v) is 12.1. The van der Waals surface area contributed by atoms with E-state index in [1.807, 2.05) is 31.2 Å². The van der Waals surface area contributed by atoms with Crippen LogP contribution in [0.4, 0.5) is 4.39 Å². The van der Waals surface area contributed by atoms with E-state index in [0.717, 1.165) is 47.9 Å². The molecule has 5 nitrogen and oxygen atoms in total. The van der Waals surface area contributed by atoms with Crippen molar-refractivity contribution in [3.8, 4) is 0 Å². The molecule has 0 aliphatic rings. The van der Waals surface area contributed by atoms with Gasteiger partial charge in [0, 0.05) is 0 Å². The fourth-order valence-corrected chi connectivity index (χ4v) is 5.89. The lowest BCUT2D eigenvalue weighted by Gasteiger charge is -2.14. The van der Waals surface area contributed by atoms with Gasteiger partial charge in [0.15, 0.2) is 5.58 Å². The molecule has 1 unspecified atom stereocenters. The lowest BCUT2D eigenvalue weighted by Crippen LogP contribution is -2.26. The number of hydrogen-bond acceptors (Lipinski definition) is 4. The summed E-state index contributed by atoms with van der Waals surface area (Å²) in [6, 6.07) is 10.6. The first-order valence-corrected chi connectivity index (χ1v) is 15.7.